The van der Waals surface area contributed by atoms with Crippen molar-refractivity contribution >= 4 is 28.3 Å². The van der Waals surface area contributed by atoms with Crippen molar-refractivity contribution in [2.45, 2.75) is 31.1 Å². The Morgan fingerprint density at radius 1 is 1.20 bits per heavy atom. The molecule has 0 spiro atoms. The van der Waals surface area contributed by atoms with Gasteiger partial charge >= 0.3 is 6.36 Å². The average Bonchev–Trinajstić information content (AvgIpc) is 3.42. The second-order valence-corrected chi connectivity index (χ2v) is 8.34. The quantitative estimate of drug-likeness (QED) is 0.431. The van der Waals surface area contributed by atoms with E-state index in [1.54, 1.807) is 4.40 Å². The molecule has 35 heavy (non-hydrogen) atoms. The lowest BCUT2D eigenvalue weighted by Crippen LogP contribution is -2.49. The van der Waals surface area contributed by atoms with E-state index in [1.165, 1.54) is 35.8 Å². The molecule has 0 unspecified atom stereocenters. The summed E-state index contributed by atoms with van der Waals surface area (Å²) < 4.78 is 63.9. The normalized spacial score (nSPS) is 21.6. The smallest absolute Gasteiger partial charge is 0.487 e. The van der Waals surface area contributed by atoms with Crippen molar-refractivity contribution in [1.29, 1.82) is 0 Å². The molecule has 1 amide bonds. The highest BCUT2D eigenvalue weighted by atomic mass is 19.4. The van der Waals surface area contributed by atoms with Crippen molar-refractivity contribution in [1.82, 2.24) is 24.3 Å². The molecule has 0 saturated carbocycles. The number of fused-ring (bicyclic) bond motifs is 6. The molecule has 3 aromatic heterocycles. The molecular formula is C22H16F4N6O3. The second kappa shape index (κ2) is 7.42. The number of pyridine rings is 1. The highest BCUT2D eigenvalue weighted by Gasteiger charge is 2.47. The summed E-state index contributed by atoms with van der Waals surface area (Å²) in [5.74, 6) is -0.651. The van der Waals surface area contributed by atoms with E-state index in [0.717, 1.165) is 12.1 Å². The maximum atomic E-state index is 14.6. The molecule has 13 heteroatoms. The van der Waals surface area contributed by atoms with Gasteiger partial charge in [-0.2, -0.15) is 0 Å². The third-order valence-electron chi connectivity index (χ3n) is 6.13. The third kappa shape index (κ3) is 3.54. The van der Waals surface area contributed by atoms with Gasteiger partial charge in [-0.05, 0) is 18.2 Å². The minimum absolute atomic E-state index is 0.0113. The molecule has 0 bridgehead atoms. The summed E-state index contributed by atoms with van der Waals surface area (Å²) in [6, 6.07) is 4.46. The summed E-state index contributed by atoms with van der Waals surface area (Å²) in [4.78, 5) is 27.4. The molecule has 1 fully saturated rings. The van der Waals surface area contributed by atoms with Crippen molar-refractivity contribution in [3.05, 3.63) is 54.2 Å². The number of aromatic nitrogens is 4. The number of nitrogens with zero attached hydrogens (tertiary/aromatic N) is 5. The van der Waals surface area contributed by atoms with E-state index in [1.807, 2.05) is 0 Å². The van der Waals surface area contributed by atoms with E-state index >= 15 is 0 Å². The lowest BCUT2D eigenvalue weighted by molar-refractivity contribution is -0.274. The first kappa shape index (κ1) is 21.4. The molecule has 2 aliphatic rings. The summed E-state index contributed by atoms with van der Waals surface area (Å²) in [5, 5.41) is 0. The van der Waals surface area contributed by atoms with Gasteiger partial charge in [-0.1, -0.05) is 0 Å². The monoisotopic (exact) mass is 488 g/mol. The number of alkyl halides is 4. The van der Waals surface area contributed by atoms with Crippen molar-refractivity contribution in [3.8, 4) is 11.5 Å². The third-order valence-corrected chi connectivity index (χ3v) is 6.13. The Hall–Kier alpha value is -4.16. The molecule has 0 aliphatic carbocycles. The first-order valence-corrected chi connectivity index (χ1v) is 10.6. The second-order valence-electron chi connectivity index (χ2n) is 8.34. The topological polar surface area (TPSA) is 108 Å². The Balaban J connectivity index is 1.38. The van der Waals surface area contributed by atoms with E-state index in [4.69, 9.17) is 10.5 Å². The number of amides is 1. The predicted octanol–water partition coefficient (Wildman–Crippen LogP) is 3.44. The molecule has 4 aromatic rings. The van der Waals surface area contributed by atoms with Gasteiger partial charge < -0.3 is 20.1 Å². The molecule has 2 aliphatic heterocycles. The van der Waals surface area contributed by atoms with Crippen molar-refractivity contribution < 1.29 is 31.8 Å². The van der Waals surface area contributed by atoms with Crippen LogP contribution < -0.4 is 15.2 Å². The lowest BCUT2D eigenvalue weighted by atomic mass is 9.93. The van der Waals surface area contributed by atoms with E-state index in [0.29, 0.717) is 22.1 Å². The fraction of sp³-hybridized carbons (Fsp3) is 0.273. The molecule has 6 rings (SSSR count). The van der Waals surface area contributed by atoms with Crippen LogP contribution in [-0.2, 0) is 0 Å². The van der Waals surface area contributed by atoms with Crippen LogP contribution >= 0.6 is 0 Å². The van der Waals surface area contributed by atoms with Gasteiger partial charge in [-0.25, -0.2) is 19.3 Å². The zero-order valence-corrected chi connectivity index (χ0v) is 17.7. The van der Waals surface area contributed by atoms with Gasteiger partial charge in [0.2, 0.25) is 0 Å². The van der Waals surface area contributed by atoms with Crippen molar-refractivity contribution in [2.24, 2.45) is 0 Å². The largest absolute Gasteiger partial charge is 0.573 e. The standard InChI is InChI=1S/C22H16F4N6O3/c23-10-3-18-19(12-2-1-11(4-17(12)34-18)35-22(24,25)26)31(8-10)21(33)13-5-15-14(6-29-13)30-20(27)16-7-28-9-32(15)16/h1-2,4-7,9-10,18-19H,3,8H2,(H2,27,30)/t10-,18-,19-/m0/s1. The van der Waals surface area contributed by atoms with Crippen LogP contribution in [0.5, 0.6) is 11.5 Å². The molecule has 5 heterocycles. The number of piperidine rings is 1. The number of carbonyl (C=O) groups is 1. The molecular weight excluding hydrogens is 472 g/mol. The molecule has 1 aromatic carbocycles. The number of hydrogen-bond donors (Lipinski definition) is 1. The van der Waals surface area contributed by atoms with Crippen LogP contribution in [0, 0.1) is 0 Å². The Kier molecular flexibility index (Phi) is 4.53. The maximum Gasteiger partial charge on any atom is 0.573 e. The number of carbonyl (C=O) groups excluding carboxylic acids is 1. The summed E-state index contributed by atoms with van der Waals surface area (Å²) in [6.07, 6.45) is -2.57. The minimum Gasteiger partial charge on any atom is -0.487 e. The number of benzene rings is 1. The molecule has 3 atom stereocenters. The van der Waals surface area contributed by atoms with E-state index in [2.05, 4.69) is 19.7 Å². The van der Waals surface area contributed by atoms with Crippen molar-refractivity contribution in [2.75, 3.05) is 12.3 Å². The van der Waals surface area contributed by atoms with Gasteiger partial charge in [0.15, 0.2) is 0 Å². The number of likely N-dealkylation sites (tertiary alicyclic amines) is 1. The van der Waals surface area contributed by atoms with Crippen LogP contribution in [0.4, 0.5) is 23.4 Å². The van der Waals surface area contributed by atoms with Gasteiger partial charge in [0.1, 0.15) is 46.3 Å². The van der Waals surface area contributed by atoms with E-state index in [9.17, 15) is 22.4 Å². The van der Waals surface area contributed by atoms with Gasteiger partial charge in [0.25, 0.3) is 5.91 Å². The summed E-state index contributed by atoms with van der Waals surface area (Å²) in [5.41, 5.74) is 7.98. The number of nitrogens with two attached hydrogens (primary N) is 1. The fourth-order valence-electron chi connectivity index (χ4n) is 4.74. The first-order chi connectivity index (χ1) is 16.7. The average molecular weight is 488 g/mol. The number of halogens is 4. The van der Waals surface area contributed by atoms with Gasteiger partial charge in [-0.3, -0.25) is 9.20 Å². The number of ether oxygens (including phenoxy) is 2. The van der Waals surface area contributed by atoms with Gasteiger partial charge in [0, 0.05) is 18.1 Å². The SMILES string of the molecule is Nc1nc2cnc(C(=O)N3C[C@@H](F)C[C@@H]4Oc5cc(OC(F)(F)F)ccc5[C@@H]43)cc2n2cncc12. The fourth-order valence-corrected chi connectivity index (χ4v) is 4.74. The van der Waals surface area contributed by atoms with Crippen LogP contribution in [0.15, 0.2) is 43.0 Å². The van der Waals surface area contributed by atoms with Crippen LogP contribution in [0.25, 0.3) is 16.6 Å². The first-order valence-electron chi connectivity index (χ1n) is 10.6. The Morgan fingerprint density at radius 3 is 2.83 bits per heavy atom. The van der Waals surface area contributed by atoms with Crippen LogP contribution in [0.2, 0.25) is 0 Å². The molecule has 1 saturated heterocycles. The van der Waals surface area contributed by atoms with Crippen LogP contribution in [0.3, 0.4) is 0 Å². The van der Waals surface area contributed by atoms with Gasteiger partial charge in [0.05, 0.1) is 36.8 Å². The highest BCUT2D eigenvalue weighted by Crippen LogP contribution is 2.47. The van der Waals surface area contributed by atoms with Crippen molar-refractivity contribution in [3.63, 3.8) is 0 Å². The Labute approximate surface area is 194 Å². The van der Waals surface area contributed by atoms with Gasteiger partial charge in [-0.15, -0.1) is 13.2 Å². The van der Waals surface area contributed by atoms with E-state index in [-0.39, 0.29) is 30.2 Å². The number of imidazole rings is 1. The Morgan fingerprint density at radius 2 is 2.03 bits per heavy atom. The van der Waals surface area contributed by atoms with Crippen LogP contribution in [-0.4, -0.2) is 55.3 Å². The maximum absolute atomic E-state index is 14.6. The number of anilines is 1. The minimum atomic E-state index is -4.87. The van der Waals surface area contributed by atoms with Crippen LogP contribution in [0.1, 0.15) is 28.5 Å². The molecule has 9 nitrogen and oxygen atoms in total. The highest BCUT2D eigenvalue weighted by molar-refractivity contribution is 5.96. The zero-order chi connectivity index (χ0) is 24.5. The lowest BCUT2D eigenvalue weighted by Gasteiger charge is -2.38. The summed E-state index contributed by atoms with van der Waals surface area (Å²) in [6.45, 7) is -0.218. The van der Waals surface area contributed by atoms with E-state index < -0.39 is 36.3 Å². The Bertz CT molecular complexity index is 1490. The summed E-state index contributed by atoms with van der Waals surface area (Å²) >= 11 is 0. The molecule has 2 N–H and O–H groups in total. The predicted molar refractivity (Wildman–Crippen MR) is 114 cm³/mol. The molecule has 180 valence electrons. The molecule has 0 radical (unpaired) electrons. The zero-order valence-electron chi connectivity index (χ0n) is 17.7. The number of hydrogen-bond acceptors (Lipinski definition) is 7. The number of rotatable bonds is 2. The summed E-state index contributed by atoms with van der Waals surface area (Å²) in [7, 11) is 0. The number of nitrogen functional groups attached to an aromatic ring is 1.